The zero-order chi connectivity index (χ0) is 16.8. The number of nitrogens with zero attached hydrogens (tertiary/aromatic N) is 1. The molecule has 3 rings (SSSR count). The van der Waals surface area contributed by atoms with Crippen LogP contribution in [0.1, 0.15) is 24.0 Å². The standard InChI is InChI=1S/C20H24N2O2/c1-22(18-9-3-2-4-10-18)20(23)21-13-14-24-19-12-11-16-7-5-6-8-17(16)15-19/h2-4,9-12,15H,5-8,13-14H2,1H3,(H,21,23). The minimum absolute atomic E-state index is 0.129. The zero-order valence-corrected chi connectivity index (χ0v) is 14.1. The summed E-state index contributed by atoms with van der Waals surface area (Å²) in [4.78, 5) is 13.7. The average molecular weight is 324 g/mol. The van der Waals surface area contributed by atoms with Crippen LogP contribution >= 0.6 is 0 Å². The van der Waals surface area contributed by atoms with Gasteiger partial charge < -0.3 is 10.1 Å². The van der Waals surface area contributed by atoms with Crippen molar-refractivity contribution >= 4 is 11.7 Å². The number of carbonyl (C=O) groups excluding carboxylic acids is 1. The Morgan fingerprint density at radius 2 is 1.83 bits per heavy atom. The number of rotatable bonds is 5. The van der Waals surface area contributed by atoms with E-state index in [1.54, 1.807) is 11.9 Å². The highest BCUT2D eigenvalue weighted by atomic mass is 16.5. The molecule has 0 aromatic heterocycles. The van der Waals surface area contributed by atoms with Crippen molar-refractivity contribution in [1.29, 1.82) is 0 Å². The van der Waals surface area contributed by atoms with Crippen molar-refractivity contribution in [1.82, 2.24) is 5.32 Å². The number of hydrogen-bond donors (Lipinski definition) is 1. The van der Waals surface area contributed by atoms with Crippen molar-refractivity contribution in [2.24, 2.45) is 0 Å². The van der Waals surface area contributed by atoms with Crippen molar-refractivity contribution in [2.45, 2.75) is 25.7 Å². The number of para-hydroxylation sites is 1. The van der Waals surface area contributed by atoms with E-state index < -0.39 is 0 Å². The van der Waals surface area contributed by atoms with E-state index in [0.717, 1.165) is 17.9 Å². The van der Waals surface area contributed by atoms with Gasteiger partial charge in [0.25, 0.3) is 0 Å². The Kier molecular flexibility index (Phi) is 5.36. The fourth-order valence-corrected chi connectivity index (χ4v) is 3.01. The molecule has 0 spiro atoms. The van der Waals surface area contributed by atoms with E-state index in [1.807, 2.05) is 36.4 Å². The van der Waals surface area contributed by atoms with Crippen molar-refractivity contribution in [3.05, 3.63) is 59.7 Å². The second-order valence-corrected chi connectivity index (χ2v) is 6.11. The van der Waals surface area contributed by atoms with Gasteiger partial charge in [0.1, 0.15) is 12.4 Å². The molecule has 126 valence electrons. The van der Waals surface area contributed by atoms with E-state index in [2.05, 4.69) is 17.4 Å². The van der Waals surface area contributed by atoms with Gasteiger partial charge in [0, 0.05) is 12.7 Å². The summed E-state index contributed by atoms with van der Waals surface area (Å²) in [7, 11) is 1.76. The lowest BCUT2D eigenvalue weighted by Crippen LogP contribution is -2.39. The van der Waals surface area contributed by atoms with E-state index in [1.165, 1.54) is 30.4 Å². The van der Waals surface area contributed by atoms with Gasteiger partial charge in [-0.3, -0.25) is 4.90 Å². The summed E-state index contributed by atoms with van der Waals surface area (Å²) in [5, 5.41) is 2.88. The first-order valence-corrected chi connectivity index (χ1v) is 8.55. The van der Waals surface area contributed by atoms with E-state index in [4.69, 9.17) is 4.74 Å². The summed E-state index contributed by atoms with van der Waals surface area (Å²) in [6.07, 6.45) is 4.87. The van der Waals surface area contributed by atoms with Crippen molar-refractivity contribution < 1.29 is 9.53 Å². The third-order valence-electron chi connectivity index (χ3n) is 4.42. The summed E-state index contributed by atoms with van der Waals surface area (Å²) in [5.74, 6) is 0.890. The van der Waals surface area contributed by atoms with Crippen LogP contribution in [-0.4, -0.2) is 26.2 Å². The van der Waals surface area contributed by atoms with Crippen LogP contribution in [0, 0.1) is 0 Å². The SMILES string of the molecule is CN(C(=O)NCCOc1ccc2c(c1)CCCC2)c1ccccc1. The monoisotopic (exact) mass is 324 g/mol. The molecule has 0 heterocycles. The Bertz CT molecular complexity index is 685. The highest BCUT2D eigenvalue weighted by molar-refractivity contribution is 5.91. The van der Waals surface area contributed by atoms with Gasteiger partial charge >= 0.3 is 6.03 Å². The maximum Gasteiger partial charge on any atom is 0.321 e. The van der Waals surface area contributed by atoms with Gasteiger partial charge in [-0.1, -0.05) is 24.3 Å². The topological polar surface area (TPSA) is 41.6 Å². The van der Waals surface area contributed by atoms with Crippen LogP contribution in [0.2, 0.25) is 0 Å². The van der Waals surface area contributed by atoms with E-state index >= 15 is 0 Å². The molecule has 1 aliphatic carbocycles. The molecule has 2 aromatic carbocycles. The second-order valence-electron chi connectivity index (χ2n) is 6.11. The Morgan fingerprint density at radius 3 is 2.62 bits per heavy atom. The van der Waals surface area contributed by atoms with E-state index in [9.17, 15) is 4.79 Å². The number of ether oxygens (including phenoxy) is 1. The molecule has 0 saturated heterocycles. The Morgan fingerprint density at radius 1 is 1.08 bits per heavy atom. The second kappa shape index (κ2) is 7.86. The number of nitrogens with one attached hydrogen (secondary N) is 1. The van der Waals surface area contributed by atoms with Gasteiger partial charge in [0.05, 0.1) is 6.54 Å². The van der Waals surface area contributed by atoms with Crippen LogP contribution in [0.3, 0.4) is 0 Å². The zero-order valence-electron chi connectivity index (χ0n) is 14.1. The molecule has 0 bridgehead atoms. The van der Waals surface area contributed by atoms with Gasteiger partial charge in [-0.25, -0.2) is 4.79 Å². The number of hydrogen-bond acceptors (Lipinski definition) is 2. The normalized spacial score (nSPS) is 13.0. The molecule has 2 amide bonds. The Labute approximate surface area is 143 Å². The quantitative estimate of drug-likeness (QED) is 0.850. The van der Waals surface area contributed by atoms with Gasteiger partial charge in [0.2, 0.25) is 0 Å². The van der Waals surface area contributed by atoms with Gasteiger partial charge in [-0.05, 0) is 61.1 Å². The molecule has 0 aliphatic heterocycles. The molecule has 2 aromatic rings. The molecule has 4 nitrogen and oxygen atoms in total. The summed E-state index contributed by atoms with van der Waals surface area (Å²) in [6.45, 7) is 0.945. The molecule has 0 unspecified atom stereocenters. The van der Waals surface area contributed by atoms with Crippen LogP contribution in [-0.2, 0) is 12.8 Å². The summed E-state index contributed by atoms with van der Waals surface area (Å²) < 4.78 is 5.77. The lowest BCUT2D eigenvalue weighted by Gasteiger charge is -2.19. The Balaban J connectivity index is 1.44. The molecule has 1 N–H and O–H groups in total. The number of fused-ring (bicyclic) bond motifs is 1. The number of urea groups is 1. The lowest BCUT2D eigenvalue weighted by molar-refractivity contribution is 0.243. The number of aryl methyl sites for hydroxylation is 2. The highest BCUT2D eigenvalue weighted by Crippen LogP contribution is 2.25. The third kappa shape index (κ3) is 4.07. The summed E-state index contributed by atoms with van der Waals surface area (Å²) >= 11 is 0. The van der Waals surface area contributed by atoms with E-state index in [0.29, 0.717) is 13.2 Å². The van der Waals surface area contributed by atoms with Crippen molar-refractivity contribution in [3.8, 4) is 5.75 Å². The molecular weight excluding hydrogens is 300 g/mol. The van der Waals surface area contributed by atoms with Crippen LogP contribution in [0.15, 0.2) is 48.5 Å². The number of anilines is 1. The van der Waals surface area contributed by atoms with Crippen LogP contribution in [0.4, 0.5) is 10.5 Å². The van der Waals surface area contributed by atoms with Crippen LogP contribution in [0.5, 0.6) is 5.75 Å². The largest absolute Gasteiger partial charge is 0.492 e. The Hall–Kier alpha value is -2.49. The average Bonchev–Trinajstić information content (AvgIpc) is 2.65. The van der Waals surface area contributed by atoms with Crippen molar-refractivity contribution in [2.75, 3.05) is 25.1 Å². The number of amides is 2. The summed E-state index contributed by atoms with van der Waals surface area (Å²) in [5.41, 5.74) is 3.73. The highest BCUT2D eigenvalue weighted by Gasteiger charge is 2.11. The minimum Gasteiger partial charge on any atom is -0.492 e. The van der Waals surface area contributed by atoms with Gasteiger partial charge in [0.15, 0.2) is 0 Å². The number of carbonyl (C=O) groups is 1. The summed E-state index contributed by atoms with van der Waals surface area (Å²) in [6, 6.07) is 15.8. The molecule has 24 heavy (non-hydrogen) atoms. The first-order chi connectivity index (χ1) is 11.7. The first kappa shape index (κ1) is 16.4. The van der Waals surface area contributed by atoms with Crippen LogP contribution < -0.4 is 15.0 Å². The molecule has 0 atom stereocenters. The smallest absolute Gasteiger partial charge is 0.321 e. The minimum atomic E-state index is -0.129. The molecular formula is C20H24N2O2. The molecule has 0 saturated carbocycles. The predicted octanol–water partition coefficient (Wildman–Crippen LogP) is 3.79. The fraction of sp³-hybridized carbons (Fsp3) is 0.350. The molecule has 1 aliphatic rings. The van der Waals surface area contributed by atoms with Gasteiger partial charge in [-0.15, -0.1) is 0 Å². The molecule has 0 fully saturated rings. The number of benzene rings is 2. The maximum atomic E-state index is 12.1. The molecule has 4 heteroatoms. The molecule has 0 radical (unpaired) electrons. The predicted molar refractivity (Wildman–Crippen MR) is 96.8 cm³/mol. The maximum absolute atomic E-state index is 12.1. The third-order valence-corrected chi connectivity index (χ3v) is 4.42. The van der Waals surface area contributed by atoms with Gasteiger partial charge in [-0.2, -0.15) is 0 Å². The fourth-order valence-electron chi connectivity index (χ4n) is 3.01. The van der Waals surface area contributed by atoms with Crippen molar-refractivity contribution in [3.63, 3.8) is 0 Å². The first-order valence-electron chi connectivity index (χ1n) is 8.55. The van der Waals surface area contributed by atoms with Crippen LogP contribution in [0.25, 0.3) is 0 Å². The lowest BCUT2D eigenvalue weighted by atomic mass is 9.92. The van der Waals surface area contributed by atoms with E-state index in [-0.39, 0.29) is 6.03 Å².